The highest BCUT2D eigenvalue weighted by atomic mass is 28.3. The Bertz CT molecular complexity index is 495. The van der Waals surface area contributed by atoms with Crippen LogP contribution in [0.4, 0.5) is 0 Å². The van der Waals surface area contributed by atoms with Crippen LogP contribution in [0.5, 0.6) is 0 Å². The van der Waals surface area contributed by atoms with Gasteiger partial charge in [0.05, 0.1) is 7.11 Å². The van der Waals surface area contributed by atoms with Crippen molar-refractivity contribution < 1.29 is 9.53 Å². The summed E-state index contributed by atoms with van der Waals surface area (Å²) in [5.74, 6) is 3.05. The van der Waals surface area contributed by atoms with Gasteiger partial charge in [0.15, 0.2) is 5.69 Å². The van der Waals surface area contributed by atoms with Gasteiger partial charge in [-0.1, -0.05) is 25.6 Å². The third-order valence-corrected chi connectivity index (χ3v) is 2.67. The molecule has 1 aromatic heterocycles. The zero-order chi connectivity index (χ0) is 13.1. The minimum atomic E-state index is -1.45. The van der Waals surface area contributed by atoms with E-state index in [0.717, 1.165) is 0 Å². The Labute approximate surface area is 102 Å². The predicted octanol–water partition coefficient (Wildman–Crippen LogP) is 1.80. The van der Waals surface area contributed by atoms with Crippen LogP contribution in [0.3, 0.4) is 0 Å². The van der Waals surface area contributed by atoms with Crippen molar-refractivity contribution in [1.82, 2.24) is 9.97 Å². The number of esters is 1. The Morgan fingerprint density at radius 1 is 1.35 bits per heavy atom. The first kappa shape index (κ1) is 13.4. The van der Waals surface area contributed by atoms with Gasteiger partial charge in [-0.15, -0.1) is 5.54 Å². The second kappa shape index (κ2) is 5.10. The summed E-state index contributed by atoms with van der Waals surface area (Å²) >= 11 is 0. The molecule has 5 heteroatoms. The lowest BCUT2D eigenvalue weighted by atomic mass is 10.3. The number of aryl methyl sites for hydroxylation is 1. The van der Waals surface area contributed by atoms with Crippen LogP contribution in [-0.2, 0) is 4.74 Å². The monoisotopic (exact) mass is 248 g/mol. The molecule has 0 aliphatic carbocycles. The molecule has 17 heavy (non-hydrogen) atoms. The molecule has 0 aliphatic rings. The third kappa shape index (κ3) is 4.37. The first-order valence-electron chi connectivity index (χ1n) is 5.29. The van der Waals surface area contributed by atoms with E-state index in [0.29, 0.717) is 11.5 Å². The average Bonchev–Trinajstić information content (AvgIpc) is 2.23. The van der Waals surface area contributed by atoms with Crippen molar-refractivity contribution in [3.8, 4) is 11.5 Å². The normalized spacial score (nSPS) is 10.4. The van der Waals surface area contributed by atoms with Crippen molar-refractivity contribution in [2.45, 2.75) is 26.6 Å². The lowest BCUT2D eigenvalue weighted by molar-refractivity contribution is 0.0593. The van der Waals surface area contributed by atoms with Crippen molar-refractivity contribution >= 4 is 14.0 Å². The maximum Gasteiger partial charge on any atom is 0.356 e. The molecular weight excluding hydrogens is 232 g/mol. The summed E-state index contributed by atoms with van der Waals surface area (Å²) in [6, 6.07) is 1.56. The van der Waals surface area contributed by atoms with Gasteiger partial charge in [0.1, 0.15) is 19.6 Å². The molecule has 0 amide bonds. The molecule has 4 nitrogen and oxygen atoms in total. The van der Waals surface area contributed by atoms with Crippen LogP contribution in [0, 0.1) is 18.4 Å². The highest BCUT2D eigenvalue weighted by Crippen LogP contribution is 2.03. The van der Waals surface area contributed by atoms with Crippen molar-refractivity contribution in [2.75, 3.05) is 7.11 Å². The number of rotatable bonds is 1. The van der Waals surface area contributed by atoms with E-state index in [-0.39, 0.29) is 5.69 Å². The summed E-state index contributed by atoms with van der Waals surface area (Å²) in [7, 11) is -0.121. The molecule has 0 atom stereocenters. The van der Waals surface area contributed by atoms with Gasteiger partial charge in [0.2, 0.25) is 0 Å². The number of hydrogen-bond donors (Lipinski definition) is 0. The van der Waals surface area contributed by atoms with Gasteiger partial charge >= 0.3 is 5.97 Å². The summed E-state index contributed by atoms with van der Waals surface area (Å²) < 4.78 is 4.62. The number of methoxy groups -OCH3 is 1. The van der Waals surface area contributed by atoms with E-state index in [1.54, 1.807) is 13.0 Å². The lowest BCUT2D eigenvalue weighted by Crippen LogP contribution is -2.16. The zero-order valence-corrected chi connectivity index (χ0v) is 11.8. The van der Waals surface area contributed by atoms with Crippen LogP contribution in [0.2, 0.25) is 19.6 Å². The smallest absolute Gasteiger partial charge is 0.356 e. The van der Waals surface area contributed by atoms with Crippen molar-refractivity contribution in [1.29, 1.82) is 0 Å². The van der Waals surface area contributed by atoms with Crippen molar-refractivity contribution in [3.63, 3.8) is 0 Å². The molecule has 0 spiro atoms. The Morgan fingerprint density at radius 2 is 2.00 bits per heavy atom. The minimum absolute atomic E-state index is 0.250. The summed E-state index contributed by atoms with van der Waals surface area (Å²) in [4.78, 5) is 19.6. The molecule has 0 saturated carbocycles. The van der Waals surface area contributed by atoms with Crippen LogP contribution in [-0.4, -0.2) is 31.1 Å². The van der Waals surface area contributed by atoms with Crippen LogP contribution < -0.4 is 0 Å². The van der Waals surface area contributed by atoms with Crippen molar-refractivity contribution in [2.24, 2.45) is 0 Å². The Balaban J connectivity index is 3.13. The zero-order valence-electron chi connectivity index (χ0n) is 10.8. The summed E-state index contributed by atoms with van der Waals surface area (Å²) in [5, 5.41) is 0. The van der Waals surface area contributed by atoms with Crippen LogP contribution in [0.1, 0.15) is 22.0 Å². The van der Waals surface area contributed by atoms with Gasteiger partial charge in [0, 0.05) is 6.07 Å². The largest absolute Gasteiger partial charge is 0.464 e. The quantitative estimate of drug-likeness (QED) is 0.432. The SMILES string of the molecule is COC(=O)c1cc(C#C[Si](C)(C)C)nc(C)n1. The number of ether oxygens (including phenoxy) is 1. The van der Waals surface area contributed by atoms with Gasteiger partial charge in [-0.2, -0.15) is 0 Å². The van der Waals surface area contributed by atoms with Gasteiger partial charge in [0.25, 0.3) is 0 Å². The predicted molar refractivity (Wildman–Crippen MR) is 68.3 cm³/mol. The van der Waals surface area contributed by atoms with E-state index in [1.165, 1.54) is 7.11 Å². The fourth-order valence-corrected chi connectivity index (χ4v) is 1.60. The van der Waals surface area contributed by atoms with E-state index >= 15 is 0 Å². The minimum Gasteiger partial charge on any atom is -0.464 e. The average molecular weight is 248 g/mol. The third-order valence-electron chi connectivity index (χ3n) is 1.80. The van der Waals surface area contributed by atoms with Crippen molar-refractivity contribution in [3.05, 3.63) is 23.3 Å². The Morgan fingerprint density at radius 3 is 2.53 bits per heavy atom. The molecule has 0 radical (unpaired) electrons. The van der Waals surface area contributed by atoms with Gasteiger partial charge < -0.3 is 4.74 Å². The summed E-state index contributed by atoms with van der Waals surface area (Å²) in [6.45, 7) is 8.17. The maximum absolute atomic E-state index is 11.4. The molecule has 1 rings (SSSR count). The first-order valence-corrected chi connectivity index (χ1v) is 8.79. The fourth-order valence-electron chi connectivity index (χ4n) is 1.09. The standard InChI is InChI=1S/C12H16N2O2Si/c1-9-13-10(6-7-17(3,4)5)8-11(14-9)12(15)16-2/h8H,1-5H3. The van der Waals surface area contributed by atoms with Crippen LogP contribution in [0.25, 0.3) is 0 Å². The molecule has 0 fully saturated rings. The molecule has 0 N–H and O–H groups in total. The lowest BCUT2D eigenvalue weighted by Gasteiger charge is -2.04. The van der Waals surface area contributed by atoms with Gasteiger partial charge in [-0.3, -0.25) is 0 Å². The van der Waals surface area contributed by atoms with Crippen LogP contribution in [0.15, 0.2) is 6.07 Å². The van der Waals surface area contributed by atoms with Gasteiger partial charge in [-0.05, 0) is 6.92 Å². The van der Waals surface area contributed by atoms with E-state index in [4.69, 9.17) is 0 Å². The molecule has 0 aromatic carbocycles. The van der Waals surface area contributed by atoms with E-state index < -0.39 is 14.0 Å². The number of carbonyl (C=O) groups is 1. The second-order valence-corrected chi connectivity index (χ2v) is 9.43. The second-order valence-electron chi connectivity index (χ2n) is 4.68. The Hall–Kier alpha value is -1.67. The topological polar surface area (TPSA) is 52.1 Å². The molecule has 0 bridgehead atoms. The molecule has 90 valence electrons. The first-order chi connectivity index (χ1) is 7.81. The molecule has 0 saturated heterocycles. The van der Waals surface area contributed by atoms with E-state index in [9.17, 15) is 4.79 Å². The molecular formula is C12H16N2O2Si. The molecule has 0 aliphatic heterocycles. The fraction of sp³-hybridized carbons (Fsp3) is 0.417. The molecule has 1 aromatic rings. The summed E-state index contributed by atoms with van der Waals surface area (Å²) in [5.41, 5.74) is 4.02. The number of aromatic nitrogens is 2. The van der Waals surface area contributed by atoms with E-state index in [2.05, 4.69) is 45.8 Å². The molecule has 0 unspecified atom stereocenters. The molecule has 1 heterocycles. The summed E-state index contributed by atoms with van der Waals surface area (Å²) in [6.07, 6.45) is 0. The van der Waals surface area contributed by atoms with Gasteiger partial charge in [-0.25, -0.2) is 14.8 Å². The highest BCUT2D eigenvalue weighted by Gasteiger charge is 2.11. The van der Waals surface area contributed by atoms with E-state index in [1.807, 2.05) is 0 Å². The number of carbonyl (C=O) groups excluding carboxylic acids is 1. The highest BCUT2D eigenvalue weighted by molar-refractivity contribution is 6.83. The number of hydrogen-bond acceptors (Lipinski definition) is 4. The number of nitrogens with zero attached hydrogens (tertiary/aromatic N) is 2. The maximum atomic E-state index is 11.4. The Kier molecular flexibility index (Phi) is 4.02. The van der Waals surface area contributed by atoms with Crippen LogP contribution >= 0.6 is 0 Å².